The van der Waals surface area contributed by atoms with E-state index in [-0.39, 0.29) is 18.8 Å². The quantitative estimate of drug-likeness (QED) is 0.518. The van der Waals surface area contributed by atoms with Crippen LogP contribution in [0.2, 0.25) is 0 Å². The third-order valence-corrected chi connectivity index (χ3v) is 4.71. The van der Waals surface area contributed by atoms with Crippen LogP contribution in [-0.2, 0) is 17.5 Å². The Morgan fingerprint density at radius 2 is 1.73 bits per heavy atom. The van der Waals surface area contributed by atoms with Crippen LogP contribution in [0.4, 0.5) is 13.2 Å². The molecular formula is C22H21F3N4O4. The second-order valence-electron chi connectivity index (χ2n) is 7.07. The maximum atomic E-state index is 13.0. The number of carbonyl (C=O) groups excluding carboxylic acids is 1. The second-order valence-corrected chi connectivity index (χ2v) is 7.07. The van der Waals surface area contributed by atoms with Gasteiger partial charge in [-0.25, -0.2) is 4.79 Å². The lowest BCUT2D eigenvalue weighted by molar-refractivity contribution is -0.137. The molecule has 2 aromatic carbocycles. The van der Waals surface area contributed by atoms with Gasteiger partial charge in [-0.05, 0) is 36.2 Å². The van der Waals surface area contributed by atoms with Crippen molar-refractivity contribution in [3.05, 3.63) is 92.3 Å². The number of benzene rings is 2. The first-order chi connectivity index (χ1) is 15.7. The normalized spacial score (nSPS) is 11.4. The molecule has 0 saturated heterocycles. The Morgan fingerprint density at radius 3 is 2.33 bits per heavy atom. The maximum Gasteiger partial charge on any atom is 0.416 e. The van der Waals surface area contributed by atoms with E-state index in [1.165, 1.54) is 7.11 Å². The molecule has 3 aromatic rings. The highest BCUT2D eigenvalue weighted by atomic mass is 19.4. The fraction of sp³-hybridized carbons (Fsp3) is 0.273. The van der Waals surface area contributed by atoms with Gasteiger partial charge < -0.3 is 10.1 Å². The molecule has 0 aliphatic heterocycles. The minimum atomic E-state index is -4.56. The van der Waals surface area contributed by atoms with E-state index in [2.05, 4.69) is 10.4 Å². The number of nitrogens with zero attached hydrogens (tertiary/aromatic N) is 3. The predicted octanol–water partition coefficient (Wildman–Crippen LogP) is 2.23. The minimum absolute atomic E-state index is 0.0248. The first kappa shape index (κ1) is 23.9. The van der Waals surface area contributed by atoms with Crippen molar-refractivity contribution in [1.82, 2.24) is 19.7 Å². The molecule has 1 aromatic heterocycles. The molecular weight excluding hydrogens is 441 g/mol. The number of rotatable bonds is 8. The van der Waals surface area contributed by atoms with Crippen LogP contribution in [-0.4, -0.2) is 40.5 Å². The zero-order valence-electron chi connectivity index (χ0n) is 17.6. The van der Waals surface area contributed by atoms with E-state index in [4.69, 9.17) is 4.74 Å². The van der Waals surface area contributed by atoms with Crippen molar-refractivity contribution < 1.29 is 22.7 Å². The van der Waals surface area contributed by atoms with Crippen molar-refractivity contribution in [2.45, 2.75) is 19.1 Å². The number of halogens is 3. The van der Waals surface area contributed by atoms with Crippen molar-refractivity contribution in [1.29, 1.82) is 0 Å². The molecule has 11 heteroatoms. The van der Waals surface area contributed by atoms with Crippen LogP contribution in [0.5, 0.6) is 0 Å². The zero-order valence-corrected chi connectivity index (χ0v) is 17.6. The number of aromatic nitrogens is 3. The number of ether oxygens (including phenoxy) is 1. The summed E-state index contributed by atoms with van der Waals surface area (Å²) in [5.74, 6) is -0.807. The van der Waals surface area contributed by atoms with Crippen molar-refractivity contribution in [2.24, 2.45) is 0 Å². The van der Waals surface area contributed by atoms with Crippen LogP contribution in [0.1, 0.15) is 28.0 Å². The molecule has 0 bridgehead atoms. The number of methoxy groups -OCH3 is 1. The predicted molar refractivity (Wildman–Crippen MR) is 113 cm³/mol. The van der Waals surface area contributed by atoms with Gasteiger partial charge in [-0.2, -0.15) is 23.0 Å². The number of hydrogen-bond acceptors (Lipinski definition) is 5. The van der Waals surface area contributed by atoms with E-state index in [9.17, 15) is 27.6 Å². The van der Waals surface area contributed by atoms with Gasteiger partial charge in [-0.3, -0.25) is 14.2 Å². The molecule has 174 valence electrons. The summed E-state index contributed by atoms with van der Waals surface area (Å²) in [7, 11) is 1.51. The Hall–Kier alpha value is -3.73. The third kappa shape index (κ3) is 5.75. The van der Waals surface area contributed by atoms with Gasteiger partial charge >= 0.3 is 11.9 Å². The molecule has 0 fully saturated rings. The molecule has 0 saturated carbocycles. The van der Waals surface area contributed by atoms with Gasteiger partial charge in [0.25, 0.3) is 11.5 Å². The smallest absolute Gasteiger partial charge is 0.385 e. The largest absolute Gasteiger partial charge is 0.416 e. The lowest BCUT2D eigenvalue weighted by Gasteiger charge is -2.13. The lowest BCUT2D eigenvalue weighted by atomic mass is 10.2. The molecule has 33 heavy (non-hydrogen) atoms. The Kier molecular flexibility index (Phi) is 7.44. The molecule has 0 radical (unpaired) electrons. The topological polar surface area (TPSA) is 95.2 Å². The minimum Gasteiger partial charge on any atom is -0.385 e. The standard InChI is InChI=1S/C22H21F3N4O4/c1-33-13-5-12-26-19(30)18-20(31)28(14-15-6-3-2-4-7-15)21(32)29(27-18)17-10-8-16(9-11-17)22(23,24)25/h2-4,6-11H,5,12-14H2,1H3,(H,26,30). The summed E-state index contributed by atoms with van der Waals surface area (Å²) in [6.45, 7) is 0.439. The molecule has 1 amide bonds. The fourth-order valence-corrected chi connectivity index (χ4v) is 3.02. The lowest BCUT2D eigenvalue weighted by Crippen LogP contribution is -2.46. The fourth-order valence-electron chi connectivity index (χ4n) is 3.02. The van der Waals surface area contributed by atoms with Crippen LogP contribution >= 0.6 is 0 Å². The molecule has 1 heterocycles. The highest BCUT2D eigenvalue weighted by molar-refractivity contribution is 5.91. The number of alkyl halides is 3. The van der Waals surface area contributed by atoms with Crippen LogP contribution in [0.15, 0.2) is 64.2 Å². The molecule has 0 aliphatic carbocycles. The Bertz CT molecular complexity index is 1220. The third-order valence-electron chi connectivity index (χ3n) is 4.71. The van der Waals surface area contributed by atoms with Crippen LogP contribution < -0.4 is 16.6 Å². The van der Waals surface area contributed by atoms with E-state index in [0.717, 1.165) is 33.5 Å². The van der Waals surface area contributed by atoms with Crippen molar-refractivity contribution >= 4 is 5.91 Å². The van der Waals surface area contributed by atoms with Crippen molar-refractivity contribution in [2.75, 3.05) is 20.3 Å². The molecule has 0 spiro atoms. The van der Waals surface area contributed by atoms with Gasteiger partial charge in [0.05, 0.1) is 17.8 Å². The van der Waals surface area contributed by atoms with Gasteiger partial charge in [-0.1, -0.05) is 30.3 Å². The van der Waals surface area contributed by atoms with Gasteiger partial charge in [0.2, 0.25) is 5.69 Å². The molecule has 0 aliphatic rings. The van der Waals surface area contributed by atoms with E-state index < -0.39 is 34.6 Å². The van der Waals surface area contributed by atoms with Crippen LogP contribution in [0.25, 0.3) is 5.69 Å². The average molecular weight is 462 g/mol. The van der Waals surface area contributed by atoms with E-state index >= 15 is 0 Å². The molecule has 8 nitrogen and oxygen atoms in total. The summed E-state index contributed by atoms with van der Waals surface area (Å²) in [6, 6.07) is 12.3. The highest BCUT2D eigenvalue weighted by Crippen LogP contribution is 2.29. The van der Waals surface area contributed by atoms with Crippen LogP contribution in [0.3, 0.4) is 0 Å². The number of carbonyl (C=O) groups is 1. The Labute approximate surface area is 186 Å². The molecule has 0 unspecified atom stereocenters. The first-order valence-electron chi connectivity index (χ1n) is 9.95. The molecule has 0 atom stereocenters. The summed E-state index contributed by atoms with van der Waals surface area (Å²) in [4.78, 5) is 38.6. The Balaban J connectivity index is 2.08. The zero-order chi connectivity index (χ0) is 24.0. The summed E-state index contributed by atoms with van der Waals surface area (Å²) in [5.41, 5.74) is -2.66. The van der Waals surface area contributed by atoms with Crippen LogP contribution in [0, 0.1) is 0 Å². The summed E-state index contributed by atoms with van der Waals surface area (Å²) in [5, 5.41) is 6.42. The molecule has 1 N–H and O–H groups in total. The molecule has 3 rings (SSSR count). The van der Waals surface area contributed by atoms with Crippen molar-refractivity contribution in [3.8, 4) is 5.69 Å². The second kappa shape index (κ2) is 10.3. The summed E-state index contributed by atoms with van der Waals surface area (Å²) < 4.78 is 45.2. The van der Waals surface area contributed by atoms with E-state index in [1.54, 1.807) is 30.3 Å². The monoisotopic (exact) mass is 462 g/mol. The van der Waals surface area contributed by atoms with E-state index in [1.807, 2.05) is 0 Å². The summed E-state index contributed by atoms with van der Waals surface area (Å²) >= 11 is 0. The summed E-state index contributed by atoms with van der Waals surface area (Å²) in [6.07, 6.45) is -4.07. The van der Waals surface area contributed by atoms with Gasteiger partial charge in [-0.15, -0.1) is 0 Å². The number of hydrogen-bond donors (Lipinski definition) is 1. The van der Waals surface area contributed by atoms with Gasteiger partial charge in [0.15, 0.2) is 0 Å². The van der Waals surface area contributed by atoms with Gasteiger partial charge in [0.1, 0.15) is 0 Å². The maximum absolute atomic E-state index is 13.0. The SMILES string of the molecule is COCCCNC(=O)c1nn(-c2ccc(C(F)(F)F)cc2)c(=O)n(Cc2ccccc2)c1=O. The van der Waals surface area contributed by atoms with Gasteiger partial charge in [0, 0.05) is 20.3 Å². The van der Waals surface area contributed by atoms with E-state index in [0.29, 0.717) is 18.6 Å². The number of nitrogens with one attached hydrogen (secondary N) is 1. The number of amides is 1. The first-order valence-corrected chi connectivity index (χ1v) is 9.95. The van der Waals surface area contributed by atoms with Crippen molar-refractivity contribution in [3.63, 3.8) is 0 Å². The highest BCUT2D eigenvalue weighted by Gasteiger charge is 2.30. The average Bonchev–Trinajstić information content (AvgIpc) is 2.80. The Morgan fingerprint density at radius 1 is 1.06 bits per heavy atom.